The first-order valence-electron chi connectivity index (χ1n) is 3.89. The molecule has 0 spiro atoms. The van der Waals surface area contributed by atoms with Crippen LogP contribution in [0, 0.1) is 0 Å². The standard InChI is InChI=1S/C8H15N/c1-8-6-4-2-3-5-7-9-8/h2-7H2,1H3. The summed E-state index contributed by atoms with van der Waals surface area (Å²) in [7, 11) is 0. The number of rotatable bonds is 0. The molecule has 1 heterocycles. The minimum atomic E-state index is 1.08. The molecule has 9 heavy (non-hydrogen) atoms. The van der Waals surface area contributed by atoms with Crippen molar-refractivity contribution < 1.29 is 0 Å². The molecule has 1 heteroatoms. The fourth-order valence-electron chi connectivity index (χ4n) is 1.20. The second-order valence-corrected chi connectivity index (χ2v) is 2.78. The molecule has 0 aliphatic carbocycles. The molecule has 0 saturated heterocycles. The Labute approximate surface area is 57.2 Å². The Morgan fingerprint density at radius 3 is 2.78 bits per heavy atom. The Kier molecular flexibility index (Phi) is 2.75. The van der Waals surface area contributed by atoms with Crippen LogP contribution in [0.3, 0.4) is 0 Å². The number of hydrogen-bond acceptors (Lipinski definition) is 1. The first-order chi connectivity index (χ1) is 4.39. The van der Waals surface area contributed by atoms with Gasteiger partial charge in [-0.1, -0.05) is 12.8 Å². The second-order valence-electron chi connectivity index (χ2n) is 2.78. The van der Waals surface area contributed by atoms with Gasteiger partial charge in [-0.05, 0) is 26.2 Å². The molecule has 1 nitrogen and oxygen atoms in total. The van der Waals surface area contributed by atoms with Crippen molar-refractivity contribution in [2.24, 2.45) is 4.99 Å². The molecule has 0 aromatic rings. The normalized spacial score (nSPS) is 22.1. The van der Waals surface area contributed by atoms with Gasteiger partial charge in [-0.15, -0.1) is 0 Å². The summed E-state index contributed by atoms with van der Waals surface area (Å²) in [5, 5.41) is 0. The van der Waals surface area contributed by atoms with E-state index < -0.39 is 0 Å². The summed E-state index contributed by atoms with van der Waals surface area (Å²) in [5.74, 6) is 0. The Balaban J connectivity index is 2.32. The third kappa shape index (κ3) is 2.64. The molecule has 52 valence electrons. The van der Waals surface area contributed by atoms with E-state index >= 15 is 0 Å². The van der Waals surface area contributed by atoms with Crippen LogP contribution in [0.4, 0.5) is 0 Å². The zero-order valence-electron chi connectivity index (χ0n) is 6.19. The van der Waals surface area contributed by atoms with Gasteiger partial charge in [0.1, 0.15) is 0 Å². The molecule has 0 aromatic heterocycles. The highest BCUT2D eigenvalue weighted by Crippen LogP contribution is 2.07. The summed E-state index contributed by atoms with van der Waals surface area (Å²) in [4.78, 5) is 4.40. The van der Waals surface area contributed by atoms with E-state index in [0.717, 1.165) is 6.54 Å². The molecule has 0 N–H and O–H groups in total. The highest BCUT2D eigenvalue weighted by molar-refractivity contribution is 5.81. The molecule has 0 unspecified atom stereocenters. The van der Waals surface area contributed by atoms with Gasteiger partial charge in [0.2, 0.25) is 0 Å². The van der Waals surface area contributed by atoms with Crippen LogP contribution in [0.15, 0.2) is 4.99 Å². The Morgan fingerprint density at radius 2 is 1.89 bits per heavy atom. The fraction of sp³-hybridized carbons (Fsp3) is 0.875. The second kappa shape index (κ2) is 3.65. The summed E-state index contributed by atoms with van der Waals surface area (Å²) < 4.78 is 0. The lowest BCUT2D eigenvalue weighted by Crippen LogP contribution is -1.97. The van der Waals surface area contributed by atoms with Crippen LogP contribution < -0.4 is 0 Å². The van der Waals surface area contributed by atoms with Gasteiger partial charge in [0.15, 0.2) is 0 Å². The topological polar surface area (TPSA) is 12.4 Å². The molecule has 0 radical (unpaired) electrons. The van der Waals surface area contributed by atoms with Crippen LogP contribution in [0.5, 0.6) is 0 Å². The van der Waals surface area contributed by atoms with E-state index in [4.69, 9.17) is 0 Å². The van der Waals surface area contributed by atoms with Gasteiger partial charge >= 0.3 is 0 Å². The van der Waals surface area contributed by atoms with Crippen LogP contribution in [0.1, 0.15) is 39.0 Å². The summed E-state index contributed by atoms with van der Waals surface area (Å²) in [6, 6.07) is 0. The third-order valence-corrected chi connectivity index (χ3v) is 1.83. The molecule has 1 rings (SSSR count). The zero-order chi connectivity index (χ0) is 6.53. The van der Waals surface area contributed by atoms with E-state index in [1.807, 2.05) is 0 Å². The first-order valence-corrected chi connectivity index (χ1v) is 3.89. The van der Waals surface area contributed by atoms with Gasteiger partial charge in [0.05, 0.1) is 0 Å². The van der Waals surface area contributed by atoms with E-state index in [1.165, 1.54) is 37.8 Å². The smallest absolute Gasteiger partial charge is 0.0388 e. The van der Waals surface area contributed by atoms with Crippen LogP contribution in [0.25, 0.3) is 0 Å². The zero-order valence-corrected chi connectivity index (χ0v) is 6.19. The predicted molar refractivity (Wildman–Crippen MR) is 41.1 cm³/mol. The minimum absolute atomic E-state index is 1.08. The van der Waals surface area contributed by atoms with Gasteiger partial charge in [0, 0.05) is 12.3 Å². The SMILES string of the molecule is CC1=NCCCCCC1. The monoisotopic (exact) mass is 125 g/mol. The van der Waals surface area contributed by atoms with Crippen molar-refractivity contribution in [3.05, 3.63) is 0 Å². The number of hydrogen-bond donors (Lipinski definition) is 0. The average molecular weight is 125 g/mol. The molecule has 1 aliphatic rings. The lowest BCUT2D eigenvalue weighted by atomic mass is 10.1. The maximum absolute atomic E-state index is 4.40. The van der Waals surface area contributed by atoms with Crippen LogP contribution in [0.2, 0.25) is 0 Å². The summed E-state index contributed by atoms with van der Waals surface area (Å²) >= 11 is 0. The van der Waals surface area contributed by atoms with Crippen molar-refractivity contribution >= 4 is 5.71 Å². The highest BCUT2D eigenvalue weighted by Gasteiger charge is 1.96. The van der Waals surface area contributed by atoms with Crippen molar-refractivity contribution in [1.82, 2.24) is 0 Å². The molecule has 0 fully saturated rings. The third-order valence-electron chi connectivity index (χ3n) is 1.83. The van der Waals surface area contributed by atoms with Crippen LogP contribution in [-0.4, -0.2) is 12.3 Å². The molecule has 0 saturated carbocycles. The van der Waals surface area contributed by atoms with Gasteiger partial charge in [-0.25, -0.2) is 0 Å². The van der Waals surface area contributed by atoms with Gasteiger partial charge in [-0.2, -0.15) is 0 Å². The summed E-state index contributed by atoms with van der Waals surface area (Å²) in [6.07, 6.45) is 6.69. The Bertz CT molecular complexity index is 105. The summed E-state index contributed by atoms with van der Waals surface area (Å²) in [5.41, 5.74) is 1.36. The average Bonchev–Trinajstić information content (AvgIpc) is 1.79. The van der Waals surface area contributed by atoms with E-state index in [1.54, 1.807) is 0 Å². The molecule has 0 aromatic carbocycles. The van der Waals surface area contributed by atoms with Crippen molar-refractivity contribution in [2.75, 3.05) is 6.54 Å². The summed E-state index contributed by atoms with van der Waals surface area (Å²) in [6.45, 7) is 3.22. The van der Waals surface area contributed by atoms with Crippen molar-refractivity contribution in [3.8, 4) is 0 Å². The van der Waals surface area contributed by atoms with Gasteiger partial charge in [-0.3, -0.25) is 4.99 Å². The fourth-order valence-corrected chi connectivity index (χ4v) is 1.20. The van der Waals surface area contributed by atoms with E-state index in [0.29, 0.717) is 0 Å². The number of aliphatic imine (C=N–C) groups is 1. The van der Waals surface area contributed by atoms with Crippen LogP contribution in [-0.2, 0) is 0 Å². The number of nitrogens with zero attached hydrogens (tertiary/aromatic N) is 1. The maximum atomic E-state index is 4.40. The van der Waals surface area contributed by atoms with Crippen molar-refractivity contribution in [3.63, 3.8) is 0 Å². The Hall–Kier alpha value is -0.330. The first kappa shape index (κ1) is 6.79. The van der Waals surface area contributed by atoms with Crippen LogP contribution >= 0.6 is 0 Å². The van der Waals surface area contributed by atoms with Crippen molar-refractivity contribution in [2.45, 2.75) is 39.0 Å². The van der Waals surface area contributed by atoms with E-state index in [-0.39, 0.29) is 0 Å². The van der Waals surface area contributed by atoms with Crippen molar-refractivity contribution in [1.29, 1.82) is 0 Å². The molecular formula is C8H15N. The van der Waals surface area contributed by atoms with E-state index in [2.05, 4.69) is 11.9 Å². The van der Waals surface area contributed by atoms with Gasteiger partial charge in [0.25, 0.3) is 0 Å². The molecule has 1 aliphatic heterocycles. The maximum Gasteiger partial charge on any atom is 0.0388 e. The lowest BCUT2D eigenvalue weighted by Gasteiger charge is -2.05. The molecule has 0 amide bonds. The quantitative estimate of drug-likeness (QED) is 0.471. The minimum Gasteiger partial charge on any atom is -0.294 e. The molecular weight excluding hydrogens is 110 g/mol. The largest absolute Gasteiger partial charge is 0.294 e. The highest BCUT2D eigenvalue weighted by atomic mass is 14.7. The Morgan fingerprint density at radius 1 is 1.11 bits per heavy atom. The molecule has 0 bridgehead atoms. The van der Waals surface area contributed by atoms with E-state index in [9.17, 15) is 0 Å². The molecule has 0 atom stereocenters. The predicted octanol–water partition coefficient (Wildman–Crippen LogP) is 2.41. The van der Waals surface area contributed by atoms with Gasteiger partial charge < -0.3 is 0 Å². The lowest BCUT2D eigenvalue weighted by molar-refractivity contribution is 0.643.